The molecule has 1 fully saturated rings. The number of hydrogen-bond donors (Lipinski definition) is 0. The fourth-order valence-corrected chi connectivity index (χ4v) is 6.38. The lowest BCUT2D eigenvalue weighted by atomic mass is 9.88. The quantitative estimate of drug-likeness (QED) is 0.259. The lowest BCUT2D eigenvalue weighted by Crippen LogP contribution is -2.38. The maximum Gasteiger partial charge on any atom is 0.416 e. The summed E-state index contributed by atoms with van der Waals surface area (Å²) in [7, 11) is 1.41. The monoisotopic (exact) mass is 662 g/mol. The van der Waals surface area contributed by atoms with E-state index in [-0.39, 0.29) is 65.6 Å². The molecular formula is C30H31F9N6O. The second-order valence-electron chi connectivity index (χ2n) is 11.8. The molecule has 5 rings (SSSR count). The van der Waals surface area contributed by atoms with Gasteiger partial charge in [-0.1, -0.05) is 30.4 Å². The van der Waals surface area contributed by atoms with Gasteiger partial charge in [0.15, 0.2) is 0 Å². The molecule has 3 aromatic rings. The predicted molar refractivity (Wildman–Crippen MR) is 149 cm³/mol. The van der Waals surface area contributed by atoms with Crippen molar-refractivity contribution in [3.8, 4) is 0 Å². The minimum Gasteiger partial charge on any atom is -0.327 e. The highest BCUT2D eigenvalue weighted by Gasteiger charge is 2.40. The van der Waals surface area contributed by atoms with Gasteiger partial charge >= 0.3 is 18.5 Å². The van der Waals surface area contributed by atoms with Crippen LogP contribution in [0.1, 0.15) is 84.4 Å². The Labute approximate surface area is 258 Å². The molecule has 46 heavy (non-hydrogen) atoms. The maximum atomic E-state index is 14.2. The molecule has 2 aromatic carbocycles. The Balaban J connectivity index is 1.67. The SMILES string of the molecule is Cc1cc2c(cc1C(F)(F)F)N(C(=O)C1CCCCC1)CCCC2N(Cc1cc(C(F)(F)F)cc(C(F)(F)F)c1)c1nnn(C)n1. The minimum absolute atomic E-state index is 0.00934. The molecule has 7 nitrogen and oxygen atoms in total. The number of benzene rings is 2. The smallest absolute Gasteiger partial charge is 0.327 e. The third-order valence-electron chi connectivity index (χ3n) is 8.54. The third kappa shape index (κ3) is 7.09. The van der Waals surface area contributed by atoms with Crippen molar-refractivity contribution in [2.24, 2.45) is 13.0 Å². The number of amides is 1. The van der Waals surface area contributed by atoms with E-state index in [1.165, 1.54) is 29.8 Å². The number of anilines is 2. The van der Waals surface area contributed by atoms with Gasteiger partial charge in [-0.2, -0.15) is 44.3 Å². The van der Waals surface area contributed by atoms with E-state index in [2.05, 4.69) is 15.4 Å². The van der Waals surface area contributed by atoms with E-state index in [9.17, 15) is 44.3 Å². The van der Waals surface area contributed by atoms with Gasteiger partial charge in [-0.15, -0.1) is 5.10 Å². The Hall–Kier alpha value is -3.85. The van der Waals surface area contributed by atoms with Gasteiger partial charge in [0.1, 0.15) is 0 Å². The highest BCUT2D eigenvalue weighted by molar-refractivity contribution is 5.96. The molecule has 0 saturated heterocycles. The van der Waals surface area contributed by atoms with Crippen LogP contribution in [0, 0.1) is 12.8 Å². The first kappa shape index (κ1) is 33.5. The molecule has 2 aliphatic rings. The second kappa shape index (κ2) is 12.4. The lowest BCUT2D eigenvalue weighted by Gasteiger charge is -2.34. The number of alkyl halides is 9. The number of carbonyl (C=O) groups excluding carboxylic acids is 1. The molecule has 250 valence electrons. The van der Waals surface area contributed by atoms with E-state index in [1.807, 2.05) is 0 Å². The van der Waals surface area contributed by atoms with Gasteiger partial charge in [0, 0.05) is 24.7 Å². The van der Waals surface area contributed by atoms with Crippen LogP contribution in [-0.2, 0) is 36.9 Å². The molecule has 1 aliphatic carbocycles. The molecule has 0 bridgehead atoms. The van der Waals surface area contributed by atoms with E-state index in [4.69, 9.17) is 0 Å². The highest BCUT2D eigenvalue weighted by atomic mass is 19.4. The first-order valence-corrected chi connectivity index (χ1v) is 14.8. The number of hydrogen-bond acceptors (Lipinski definition) is 5. The molecule has 1 atom stereocenters. The van der Waals surface area contributed by atoms with Crippen molar-refractivity contribution in [1.29, 1.82) is 0 Å². The summed E-state index contributed by atoms with van der Waals surface area (Å²) in [6.45, 7) is 0.758. The van der Waals surface area contributed by atoms with Gasteiger partial charge in [-0.3, -0.25) is 4.79 Å². The van der Waals surface area contributed by atoms with Crippen LogP contribution < -0.4 is 9.80 Å². The van der Waals surface area contributed by atoms with E-state index in [1.54, 1.807) is 0 Å². The summed E-state index contributed by atoms with van der Waals surface area (Å²) in [6, 6.07) is 2.46. The van der Waals surface area contributed by atoms with Gasteiger partial charge in [0.2, 0.25) is 5.91 Å². The largest absolute Gasteiger partial charge is 0.416 e. The van der Waals surface area contributed by atoms with Crippen LogP contribution in [0.4, 0.5) is 51.1 Å². The summed E-state index contributed by atoms with van der Waals surface area (Å²) in [6.07, 6.45) is -10.7. The van der Waals surface area contributed by atoms with Gasteiger partial charge in [0.05, 0.1) is 29.8 Å². The molecule has 1 saturated carbocycles. The molecule has 1 aromatic heterocycles. The van der Waals surface area contributed by atoms with Gasteiger partial charge in [-0.05, 0) is 78.8 Å². The van der Waals surface area contributed by atoms with E-state index >= 15 is 0 Å². The number of nitrogens with zero attached hydrogens (tertiary/aromatic N) is 6. The summed E-state index contributed by atoms with van der Waals surface area (Å²) in [5, 5.41) is 11.9. The van der Waals surface area contributed by atoms with Crippen molar-refractivity contribution in [1.82, 2.24) is 20.2 Å². The summed E-state index contributed by atoms with van der Waals surface area (Å²) < 4.78 is 125. The molecule has 1 aliphatic heterocycles. The summed E-state index contributed by atoms with van der Waals surface area (Å²) in [5.41, 5.74) is -4.27. The molecular weight excluding hydrogens is 631 g/mol. The summed E-state index contributed by atoms with van der Waals surface area (Å²) >= 11 is 0. The Kier molecular flexibility index (Phi) is 9.03. The van der Waals surface area contributed by atoms with Crippen LogP contribution in [0.5, 0.6) is 0 Å². The van der Waals surface area contributed by atoms with E-state index in [0.717, 1.165) is 30.1 Å². The van der Waals surface area contributed by atoms with Crippen molar-refractivity contribution in [2.75, 3.05) is 16.3 Å². The van der Waals surface area contributed by atoms with Crippen molar-refractivity contribution >= 4 is 17.5 Å². The molecule has 1 unspecified atom stereocenters. The number of fused-ring (bicyclic) bond motifs is 1. The van der Waals surface area contributed by atoms with Crippen molar-refractivity contribution in [3.63, 3.8) is 0 Å². The van der Waals surface area contributed by atoms with Crippen molar-refractivity contribution in [2.45, 2.75) is 83.0 Å². The normalized spacial score (nSPS) is 18.3. The van der Waals surface area contributed by atoms with Crippen LogP contribution in [0.15, 0.2) is 30.3 Å². The molecule has 2 heterocycles. The van der Waals surface area contributed by atoms with Crippen LogP contribution in [0.2, 0.25) is 0 Å². The van der Waals surface area contributed by atoms with Crippen LogP contribution in [0.25, 0.3) is 0 Å². The molecule has 16 heteroatoms. The first-order chi connectivity index (χ1) is 21.4. The zero-order chi connectivity index (χ0) is 33.6. The number of aromatic nitrogens is 4. The highest BCUT2D eigenvalue weighted by Crippen LogP contribution is 2.45. The lowest BCUT2D eigenvalue weighted by molar-refractivity contribution is -0.143. The van der Waals surface area contributed by atoms with Gasteiger partial charge in [0.25, 0.3) is 5.95 Å². The number of aryl methyl sites for hydroxylation is 2. The fraction of sp³-hybridized carbons (Fsp3) is 0.533. The average molecular weight is 663 g/mol. The number of rotatable bonds is 5. The Morgan fingerprint density at radius 3 is 2.02 bits per heavy atom. The fourth-order valence-electron chi connectivity index (χ4n) is 6.38. The standard InChI is InChI=1S/C30H31F9N6O/c1-17-11-22-24(9-6-10-44(25(22)15-23(17)30(37,38)39)26(46)19-7-4-3-5-8-19)45(27-40-42-43(2)41-27)16-18-12-20(28(31,32)33)14-21(13-18)29(34,35)36/h11-15,19,24H,3-10,16H2,1-2H3. The second-order valence-corrected chi connectivity index (χ2v) is 11.8. The Morgan fingerprint density at radius 2 is 1.48 bits per heavy atom. The average Bonchev–Trinajstić information content (AvgIpc) is 3.32. The molecule has 0 radical (unpaired) electrons. The van der Waals surface area contributed by atoms with Crippen LogP contribution in [-0.4, -0.2) is 32.7 Å². The van der Waals surface area contributed by atoms with Gasteiger partial charge < -0.3 is 9.80 Å². The molecule has 0 N–H and O–H groups in total. The minimum atomic E-state index is -5.09. The van der Waals surface area contributed by atoms with E-state index in [0.29, 0.717) is 25.0 Å². The van der Waals surface area contributed by atoms with Crippen molar-refractivity contribution < 1.29 is 44.3 Å². The zero-order valence-corrected chi connectivity index (χ0v) is 24.9. The third-order valence-corrected chi connectivity index (χ3v) is 8.54. The number of halogens is 9. The Morgan fingerprint density at radius 1 is 0.848 bits per heavy atom. The van der Waals surface area contributed by atoms with Crippen LogP contribution >= 0.6 is 0 Å². The number of carbonyl (C=O) groups is 1. The maximum absolute atomic E-state index is 14.2. The zero-order valence-electron chi connectivity index (χ0n) is 24.9. The topological polar surface area (TPSA) is 67.2 Å². The molecule has 1 amide bonds. The van der Waals surface area contributed by atoms with E-state index < -0.39 is 47.8 Å². The summed E-state index contributed by atoms with van der Waals surface area (Å²) in [5.74, 6) is -0.845. The number of tetrazole rings is 1. The van der Waals surface area contributed by atoms with Crippen molar-refractivity contribution in [3.05, 3.63) is 63.7 Å². The predicted octanol–water partition coefficient (Wildman–Crippen LogP) is 8.03. The van der Waals surface area contributed by atoms with Crippen LogP contribution in [0.3, 0.4) is 0 Å². The van der Waals surface area contributed by atoms with Gasteiger partial charge in [-0.25, -0.2) is 0 Å². The Bertz CT molecular complexity index is 1540. The molecule has 0 spiro atoms. The first-order valence-electron chi connectivity index (χ1n) is 14.8. The summed E-state index contributed by atoms with van der Waals surface area (Å²) in [4.78, 5) is 17.5.